The zero-order valence-corrected chi connectivity index (χ0v) is 17.2. The molecule has 0 saturated heterocycles. The van der Waals surface area contributed by atoms with Crippen LogP contribution < -0.4 is 15.4 Å². The number of anilines is 1. The summed E-state index contributed by atoms with van der Waals surface area (Å²) in [5, 5.41) is 13.3. The molecule has 0 unspecified atom stereocenters. The zero-order valence-electron chi connectivity index (χ0n) is 16.4. The summed E-state index contributed by atoms with van der Waals surface area (Å²) in [5.74, 6) is -2.38. The van der Waals surface area contributed by atoms with Crippen molar-refractivity contribution in [3.63, 3.8) is 0 Å². The van der Waals surface area contributed by atoms with Crippen LogP contribution in [0.25, 0.3) is 0 Å². The van der Waals surface area contributed by atoms with E-state index < -0.39 is 17.5 Å². The van der Waals surface area contributed by atoms with Crippen molar-refractivity contribution in [3.05, 3.63) is 69.7 Å². The molecule has 0 aliphatic heterocycles. The quantitative estimate of drug-likeness (QED) is 0.488. The number of aromatic nitrogens is 2. The van der Waals surface area contributed by atoms with Gasteiger partial charge in [-0.1, -0.05) is 11.3 Å². The van der Waals surface area contributed by atoms with Crippen molar-refractivity contribution >= 4 is 28.8 Å². The number of nitrogens with one attached hydrogen (secondary N) is 2. The molecule has 2 N–H and O–H groups in total. The molecule has 0 radical (unpaired) electrons. The first kappa shape index (κ1) is 22.2. The largest absolute Gasteiger partial charge is 0.486 e. The van der Waals surface area contributed by atoms with Gasteiger partial charge in [-0.2, -0.15) is 0 Å². The van der Waals surface area contributed by atoms with Crippen LogP contribution in [0.5, 0.6) is 5.75 Å². The number of rotatable bonds is 9. The third kappa shape index (κ3) is 6.27. The van der Waals surface area contributed by atoms with E-state index in [1.165, 1.54) is 6.07 Å². The number of hydrogen-bond acceptors (Lipinski definition) is 7. The molecule has 3 aromatic rings. The van der Waals surface area contributed by atoms with Gasteiger partial charge < -0.3 is 20.1 Å². The molecule has 0 fully saturated rings. The molecule has 0 aliphatic carbocycles. The second-order valence-electron chi connectivity index (χ2n) is 6.15. The molecule has 0 aliphatic rings. The number of methoxy groups -OCH3 is 1. The lowest BCUT2D eigenvalue weighted by molar-refractivity contribution is 0.0936. The van der Waals surface area contributed by atoms with Crippen molar-refractivity contribution in [2.24, 2.45) is 0 Å². The average Bonchev–Trinajstić information content (AvgIpc) is 3.25. The van der Waals surface area contributed by atoms with Crippen LogP contribution in [0.1, 0.15) is 25.2 Å². The smallest absolute Gasteiger partial charge is 0.286 e. The molecule has 0 saturated carbocycles. The minimum atomic E-state index is -1.07. The van der Waals surface area contributed by atoms with Crippen molar-refractivity contribution in [1.82, 2.24) is 15.5 Å². The number of carbonyl (C=O) groups excluding carboxylic acids is 2. The maximum absolute atomic E-state index is 13.2. The van der Waals surface area contributed by atoms with E-state index in [0.29, 0.717) is 29.5 Å². The van der Waals surface area contributed by atoms with Gasteiger partial charge in [-0.15, -0.1) is 10.2 Å². The van der Waals surface area contributed by atoms with Gasteiger partial charge in [0.15, 0.2) is 16.6 Å². The summed E-state index contributed by atoms with van der Waals surface area (Å²) < 4.78 is 36.7. The molecular formula is C20H18F2N4O4S. The average molecular weight is 448 g/mol. The highest BCUT2D eigenvalue weighted by Crippen LogP contribution is 2.18. The van der Waals surface area contributed by atoms with E-state index in [0.717, 1.165) is 23.5 Å². The minimum Gasteiger partial charge on any atom is -0.486 e. The number of hydrogen-bond donors (Lipinski definition) is 2. The Morgan fingerprint density at radius 1 is 1.03 bits per heavy atom. The van der Waals surface area contributed by atoms with E-state index in [4.69, 9.17) is 9.47 Å². The van der Waals surface area contributed by atoms with E-state index in [1.54, 1.807) is 31.4 Å². The molecule has 0 atom stereocenters. The molecule has 8 nitrogen and oxygen atoms in total. The Morgan fingerprint density at radius 3 is 2.52 bits per heavy atom. The highest BCUT2D eigenvalue weighted by atomic mass is 32.1. The van der Waals surface area contributed by atoms with E-state index in [9.17, 15) is 18.4 Å². The first-order chi connectivity index (χ1) is 15.0. The summed E-state index contributed by atoms with van der Waals surface area (Å²) >= 11 is 1.00. The monoisotopic (exact) mass is 448 g/mol. The Bertz CT molecular complexity index is 1060. The van der Waals surface area contributed by atoms with Crippen molar-refractivity contribution in [1.29, 1.82) is 0 Å². The summed E-state index contributed by atoms with van der Waals surface area (Å²) in [6.07, 6.45) is 0. The van der Waals surface area contributed by atoms with Gasteiger partial charge >= 0.3 is 0 Å². The molecule has 162 valence electrons. The maximum Gasteiger partial charge on any atom is 0.286 e. The number of ether oxygens (including phenoxy) is 2. The Labute approximate surface area is 180 Å². The van der Waals surface area contributed by atoms with Crippen LogP contribution in [-0.2, 0) is 11.3 Å². The van der Waals surface area contributed by atoms with Crippen molar-refractivity contribution in [2.45, 2.75) is 6.61 Å². The summed E-state index contributed by atoms with van der Waals surface area (Å²) in [6, 6.07) is 9.56. The fourth-order valence-electron chi connectivity index (χ4n) is 2.38. The molecule has 31 heavy (non-hydrogen) atoms. The standard InChI is InChI=1S/C20H18F2N4O4S/c1-29-9-8-23-18(27)12-2-5-14(6-3-12)30-11-17-25-26-20(31-17)19(28)24-13-4-7-15(21)16(22)10-13/h2-7,10H,8-9,11H2,1H3,(H,23,27)(H,24,28). The van der Waals surface area contributed by atoms with E-state index in [-0.39, 0.29) is 23.2 Å². The predicted molar refractivity (Wildman–Crippen MR) is 109 cm³/mol. The number of halogens is 2. The lowest BCUT2D eigenvalue weighted by atomic mass is 10.2. The molecule has 2 amide bonds. The Kier molecular flexibility index (Phi) is 7.57. The van der Waals surface area contributed by atoms with Gasteiger partial charge in [0.1, 0.15) is 12.4 Å². The summed E-state index contributed by atoms with van der Waals surface area (Å²) in [6.45, 7) is 0.904. The summed E-state index contributed by atoms with van der Waals surface area (Å²) in [5.41, 5.74) is 0.582. The Hall–Kier alpha value is -3.44. The molecule has 1 aromatic heterocycles. The van der Waals surface area contributed by atoms with Crippen molar-refractivity contribution < 1.29 is 27.8 Å². The second kappa shape index (κ2) is 10.5. The molecule has 2 aromatic carbocycles. The van der Waals surface area contributed by atoms with Crippen LogP contribution in [0.2, 0.25) is 0 Å². The molecule has 0 spiro atoms. The van der Waals surface area contributed by atoms with Gasteiger partial charge in [0, 0.05) is 31.0 Å². The topological polar surface area (TPSA) is 102 Å². The molecular weight excluding hydrogens is 430 g/mol. The van der Waals surface area contributed by atoms with Gasteiger partial charge in [0.2, 0.25) is 5.01 Å². The van der Waals surface area contributed by atoms with Gasteiger partial charge in [0.25, 0.3) is 11.8 Å². The van der Waals surface area contributed by atoms with Crippen LogP contribution in [-0.4, -0.2) is 42.3 Å². The Balaban J connectivity index is 1.52. The number of benzene rings is 2. The first-order valence-electron chi connectivity index (χ1n) is 9.05. The zero-order chi connectivity index (χ0) is 22.2. The number of nitrogens with zero attached hydrogens (tertiary/aromatic N) is 2. The SMILES string of the molecule is COCCNC(=O)c1ccc(OCc2nnc(C(=O)Nc3ccc(F)c(F)c3)s2)cc1. The highest BCUT2D eigenvalue weighted by molar-refractivity contribution is 7.13. The minimum absolute atomic E-state index is 0.0476. The van der Waals surface area contributed by atoms with Crippen LogP contribution in [0.3, 0.4) is 0 Å². The van der Waals surface area contributed by atoms with Crippen molar-refractivity contribution in [3.8, 4) is 5.75 Å². The van der Waals surface area contributed by atoms with Crippen LogP contribution in [0.4, 0.5) is 14.5 Å². The lowest BCUT2D eigenvalue weighted by Gasteiger charge is -2.06. The fourth-order valence-corrected chi connectivity index (χ4v) is 3.03. The molecule has 1 heterocycles. The van der Waals surface area contributed by atoms with Gasteiger partial charge in [0.05, 0.1) is 6.61 Å². The second-order valence-corrected chi connectivity index (χ2v) is 7.21. The van der Waals surface area contributed by atoms with Gasteiger partial charge in [-0.3, -0.25) is 9.59 Å². The highest BCUT2D eigenvalue weighted by Gasteiger charge is 2.15. The third-order valence-electron chi connectivity index (χ3n) is 3.91. The number of carbonyl (C=O) groups is 2. The normalized spacial score (nSPS) is 10.5. The molecule has 11 heteroatoms. The molecule has 0 bridgehead atoms. The summed E-state index contributed by atoms with van der Waals surface area (Å²) in [7, 11) is 1.55. The van der Waals surface area contributed by atoms with Gasteiger partial charge in [-0.25, -0.2) is 8.78 Å². The van der Waals surface area contributed by atoms with Gasteiger partial charge in [-0.05, 0) is 36.4 Å². The lowest BCUT2D eigenvalue weighted by Crippen LogP contribution is -2.26. The Morgan fingerprint density at radius 2 is 1.81 bits per heavy atom. The van der Waals surface area contributed by atoms with Crippen LogP contribution in [0.15, 0.2) is 42.5 Å². The summed E-state index contributed by atoms with van der Waals surface area (Å²) in [4.78, 5) is 24.1. The van der Waals surface area contributed by atoms with Crippen LogP contribution in [0, 0.1) is 11.6 Å². The van der Waals surface area contributed by atoms with E-state index in [2.05, 4.69) is 20.8 Å². The predicted octanol–water partition coefficient (Wildman–Crippen LogP) is 3.02. The molecule has 3 rings (SSSR count). The third-order valence-corrected chi connectivity index (χ3v) is 4.80. The van der Waals surface area contributed by atoms with E-state index >= 15 is 0 Å². The fraction of sp³-hybridized carbons (Fsp3) is 0.200. The van der Waals surface area contributed by atoms with Crippen molar-refractivity contribution in [2.75, 3.05) is 25.6 Å². The first-order valence-corrected chi connectivity index (χ1v) is 9.86. The van der Waals surface area contributed by atoms with Crippen LogP contribution >= 0.6 is 11.3 Å². The number of amides is 2. The van der Waals surface area contributed by atoms with E-state index in [1.807, 2.05) is 0 Å². The maximum atomic E-state index is 13.2.